The molecule has 2 heterocycles. The van der Waals surface area contributed by atoms with E-state index in [1.165, 1.54) is 12.8 Å². The van der Waals surface area contributed by atoms with Crippen molar-refractivity contribution in [2.75, 3.05) is 31.9 Å². The minimum Gasteiger partial charge on any atom is -0.317 e. The first kappa shape index (κ1) is 16.2. The number of sulfonamides is 1. The van der Waals surface area contributed by atoms with Gasteiger partial charge < -0.3 is 5.32 Å². The third-order valence-corrected chi connectivity index (χ3v) is 6.92. The van der Waals surface area contributed by atoms with Crippen LogP contribution in [0.1, 0.15) is 51.9 Å². The predicted octanol–water partition coefficient (Wildman–Crippen LogP) is 2.22. The molecule has 2 saturated heterocycles. The van der Waals surface area contributed by atoms with Gasteiger partial charge in [0.15, 0.2) is 0 Å². The molecule has 0 aliphatic carbocycles. The van der Waals surface area contributed by atoms with Gasteiger partial charge in [0.1, 0.15) is 0 Å². The van der Waals surface area contributed by atoms with Crippen LogP contribution in [-0.2, 0) is 10.0 Å². The van der Waals surface area contributed by atoms with E-state index in [0.29, 0.717) is 11.7 Å². The van der Waals surface area contributed by atoms with Crippen LogP contribution in [0.25, 0.3) is 0 Å². The van der Waals surface area contributed by atoms with Crippen LogP contribution in [-0.4, -0.2) is 44.7 Å². The second-order valence-electron chi connectivity index (χ2n) is 6.40. The number of hydrogen-bond donors (Lipinski definition) is 1. The fourth-order valence-corrected chi connectivity index (χ4v) is 5.12. The second kappa shape index (κ2) is 7.76. The Labute approximate surface area is 124 Å². The second-order valence-corrected chi connectivity index (χ2v) is 8.49. The lowest BCUT2D eigenvalue weighted by molar-refractivity contribution is 0.359. The number of piperidine rings is 1. The molecule has 2 fully saturated rings. The Bertz CT molecular complexity index is 377. The van der Waals surface area contributed by atoms with E-state index >= 15 is 0 Å². The lowest BCUT2D eigenvalue weighted by atomic mass is 9.96. The molecule has 1 N–H and O–H groups in total. The SMILES string of the molecule is CCC1CCCN(S(=O)(=O)CCC2CCNCC2)CC1. The normalized spacial score (nSPS) is 27.4. The highest BCUT2D eigenvalue weighted by Gasteiger charge is 2.26. The molecule has 0 spiro atoms. The van der Waals surface area contributed by atoms with Crippen molar-refractivity contribution in [2.24, 2.45) is 11.8 Å². The van der Waals surface area contributed by atoms with Crippen molar-refractivity contribution in [2.45, 2.75) is 51.9 Å². The summed E-state index contributed by atoms with van der Waals surface area (Å²) in [6.45, 7) is 5.79. The Morgan fingerprint density at radius 3 is 2.50 bits per heavy atom. The molecule has 0 saturated carbocycles. The summed E-state index contributed by atoms with van der Waals surface area (Å²) in [5.41, 5.74) is 0. The Hall–Kier alpha value is -0.130. The quantitative estimate of drug-likeness (QED) is 0.847. The zero-order valence-corrected chi connectivity index (χ0v) is 13.6. The zero-order valence-electron chi connectivity index (χ0n) is 12.8. The van der Waals surface area contributed by atoms with Crippen molar-refractivity contribution in [3.63, 3.8) is 0 Å². The minimum atomic E-state index is -3.02. The minimum absolute atomic E-state index is 0.356. The molecular formula is C15H30N2O2S. The van der Waals surface area contributed by atoms with E-state index in [0.717, 1.165) is 64.2 Å². The highest BCUT2D eigenvalue weighted by Crippen LogP contribution is 2.23. The molecular weight excluding hydrogens is 272 g/mol. The molecule has 1 atom stereocenters. The topological polar surface area (TPSA) is 49.4 Å². The average molecular weight is 302 g/mol. The zero-order chi connectivity index (χ0) is 14.4. The van der Waals surface area contributed by atoms with Crippen LogP contribution in [0.2, 0.25) is 0 Å². The van der Waals surface area contributed by atoms with Gasteiger partial charge in [-0.15, -0.1) is 0 Å². The standard InChI is InChI=1S/C15H30N2O2S/c1-2-14-4-3-11-17(12-7-14)20(18,19)13-8-15-5-9-16-10-6-15/h14-16H,2-13H2,1H3. The fraction of sp³-hybridized carbons (Fsp3) is 1.00. The van der Waals surface area contributed by atoms with Crippen molar-refractivity contribution < 1.29 is 8.42 Å². The van der Waals surface area contributed by atoms with Crippen molar-refractivity contribution in [1.82, 2.24) is 9.62 Å². The first-order valence-electron chi connectivity index (χ1n) is 8.30. The maximum atomic E-state index is 12.5. The maximum absolute atomic E-state index is 12.5. The van der Waals surface area contributed by atoms with Gasteiger partial charge in [0.05, 0.1) is 5.75 Å². The van der Waals surface area contributed by atoms with Crippen LogP contribution >= 0.6 is 0 Å². The number of rotatable bonds is 5. The molecule has 0 aromatic rings. The van der Waals surface area contributed by atoms with Gasteiger partial charge in [-0.2, -0.15) is 0 Å². The fourth-order valence-electron chi connectivity index (χ4n) is 3.44. The van der Waals surface area contributed by atoms with Crippen LogP contribution in [0.4, 0.5) is 0 Å². The summed E-state index contributed by atoms with van der Waals surface area (Å²) >= 11 is 0. The van der Waals surface area contributed by atoms with Gasteiger partial charge in [0.25, 0.3) is 0 Å². The maximum Gasteiger partial charge on any atom is 0.214 e. The lowest BCUT2D eigenvalue weighted by Gasteiger charge is -2.25. The monoisotopic (exact) mass is 302 g/mol. The molecule has 0 aromatic heterocycles. The van der Waals surface area contributed by atoms with Crippen molar-refractivity contribution in [3.05, 3.63) is 0 Å². The van der Waals surface area contributed by atoms with Gasteiger partial charge in [0.2, 0.25) is 10.0 Å². The van der Waals surface area contributed by atoms with Crippen LogP contribution in [0, 0.1) is 11.8 Å². The van der Waals surface area contributed by atoms with E-state index in [4.69, 9.17) is 0 Å². The molecule has 0 aromatic carbocycles. The van der Waals surface area contributed by atoms with Gasteiger partial charge in [-0.1, -0.05) is 13.3 Å². The first-order chi connectivity index (χ1) is 9.62. The largest absolute Gasteiger partial charge is 0.317 e. The molecule has 5 heteroatoms. The van der Waals surface area contributed by atoms with E-state index in [9.17, 15) is 8.42 Å². The molecule has 20 heavy (non-hydrogen) atoms. The third-order valence-electron chi connectivity index (χ3n) is 5.02. The highest BCUT2D eigenvalue weighted by molar-refractivity contribution is 7.89. The van der Waals surface area contributed by atoms with Crippen LogP contribution in [0.15, 0.2) is 0 Å². The van der Waals surface area contributed by atoms with Crippen molar-refractivity contribution >= 4 is 10.0 Å². The third kappa shape index (κ3) is 4.71. The predicted molar refractivity (Wildman–Crippen MR) is 83.2 cm³/mol. The molecule has 2 aliphatic rings. The number of nitrogens with one attached hydrogen (secondary N) is 1. The van der Waals surface area contributed by atoms with Crippen molar-refractivity contribution in [3.8, 4) is 0 Å². The van der Waals surface area contributed by atoms with Gasteiger partial charge in [0, 0.05) is 13.1 Å². The van der Waals surface area contributed by atoms with Crippen LogP contribution in [0.5, 0.6) is 0 Å². The number of nitrogens with zero attached hydrogens (tertiary/aromatic N) is 1. The summed E-state index contributed by atoms with van der Waals surface area (Å²) in [6, 6.07) is 0. The molecule has 2 rings (SSSR count). The van der Waals surface area contributed by atoms with Gasteiger partial charge in [-0.05, 0) is 63.5 Å². The molecule has 118 valence electrons. The van der Waals surface area contributed by atoms with E-state index in [-0.39, 0.29) is 0 Å². The smallest absolute Gasteiger partial charge is 0.214 e. The molecule has 4 nitrogen and oxygen atoms in total. The van der Waals surface area contributed by atoms with Gasteiger partial charge in [-0.25, -0.2) is 12.7 Å². The Morgan fingerprint density at radius 2 is 1.80 bits per heavy atom. The van der Waals surface area contributed by atoms with E-state index in [2.05, 4.69) is 12.2 Å². The van der Waals surface area contributed by atoms with Crippen LogP contribution in [0.3, 0.4) is 0 Å². The molecule has 1 unspecified atom stereocenters. The first-order valence-corrected chi connectivity index (χ1v) is 9.91. The molecule has 2 aliphatic heterocycles. The summed E-state index contributed by atoms with van der Waals surface area (Å²) in [4.78, 5) is 0. The Morgan fingerprint density at radius 1 is 1.05 bits per heavy atom. The Kier molecular flexibility index (Phi) is 6.30. The summed E-state index contributed by atoms with van der Waals surface area (Å²) in [6.07, 6.45) is 7.56. The summed E-state index contributed by atoms with van der Waals surface area (Å²) in [5.74, 6) is 1.68. The van der Waals surface area contributed by atoms with E-state index in [1.807, 2.05) is 0 Å². The van der Waals surface area contributed by atoms with Crippen LogP contribution < -0.4 is 5.32 Å². The van der Waals surface area contributed by atoms with E-state index < -0.39 is 10.0 Å². The van der Waals surface area contributed by atoms with Crippen molar-refractivity contribution in [1.29, 1.82) is 0 Å². The highest BCUT2D eigenvalue weighted by atomic mass is 32.2. The summed E-state index contributed by atoms with van der Waals surface area (Å²) < 4.78 is 26.7. The lowest BCUT2D eigenvalue weighted by Crippen LogP contribution is -2.35. The Balaban J connectivity index is 1.82. The summed E-state index contributed by atoms with van der Waals surface area (Å²) in [5, 5.41) is 3.33. The summed E-state index contributed by atoms with van der Waals surface area (Å²) in [7, 11) is -3.02. The van der Waals surface area contributed by atoms with E-state index in [1.54, 1.807) is 4.31 Å². The number of hydrogen-bond acceptors (Lipinski definition) is 3. The average Bonchev–Trinajstić information content (AvgIpc) is 2.72. The van der Waals surface area contributed by atoms with Gasteiger partial charge >= 0.3 is 0 Å². The molecule has 0 radical (unpaired) electrons. The molecule has 0 amide bonds. The molecule has 0 bridgehead atoms. The van der Waals surface area contributed by atoms with Gasteiger partial charge in [-0.3, -0.25) is 0 Å².